The van der Waals surface area contributed by atoms with Crippen LogP contribution in [0.5, 0.6) is 0 Å². The maximum absolute atomic E-state index is 13.4. The first-order valence-electron chi connectivity index (χ1n) is 6.19. The second-order valence-corrected chi connectivity index (χ2v) is 5.54. The normalized spacial score (nSPS) is 11.0. The second kappa shape index (κ2) is 5.84. The van der Waals surface area contributed by atoms with Gasteiger partial charge in [0.25, 0.3) is 0 Å². The molecule has 1 aromatic carbocycles. The molecule has 0 saturated heterocycles. The van der Waals surface area contributed by atoms with E-state index in [2.05, 4.69) is 21.0 Å². The molecule has 19 heavy (non-hydrogen) atoms. The number of aryl methyl sites for hydroxylation is 1. The van der Waals surface area contributed by atoms with E-state index in [1.165, 1.54) is 17.7 Å². The number of halogens is 2. The lowest BCUT2D eigenvalue weighted by Crippen LogP contribution is -2.07. The molecule has 2 aromatic rings. The summed E-state index contributed by atoms with van der Waals surface area (Å²) in [4.78, 5) is 0. The average Bonchev–Trinajstić information content (AvgIpc) is 2.56. The summed E-state index contributed by atoms with van der Waals surface area (Å²) in [6, 6.07) is 4.89. The highest BCUT2D eigenvalue weighted by molar-refractivity contribution is 9.10. The summed E-state index contributed by atoms with van der Waals surface area (Å²) in [6.45, 7) is 5.18. The van der Waals surface area contributed by atoms with Gasteiger partial charge in [-0.3, -0.25) is 4.68 Å². The fourth-order valence-electron chi connectivity index (χ4n) is 2.27. The molecule has 0 aliphatic carbocycles. The Morgan fingerprint density at radius 2 is 2.05 bits per heavy atom. The Bertz CT molecular complexity index is 572. The maximum atomic E-state index is 13.4. The first-order valence-corrected chi connectivity index (χ1v) is 6.98. The Hall–Kier alpha value is -1.20. The van der Waals surface area contributed by atoms with E-state index < -0.39 is 0 Å². The highest BCUT2D eigenvalue weighted by Crippen LogP contribution is 2.18. The number of hydrogen-bond acceptors (Lipinski definition) is 2. The van der Waals surface area contributed by atoms with Crippen molar-refractivity contribution in [2.45, 2.75) is 26.8 Å². The largest absolute Gasteiger partial charge is 0.330 e. The van der Waals surface area contributed by atoms with Gasteiger partial charge in [0.15, 0.2) is 0 Å². The lowest BCUT2D eigenvalue weighted by Gasteiger charge is -2.06. The number of benzene rings is 1. The first kappa shape index (κ1) is 14.2. The van der Waals surface area contributed by atoms with Gasteiger partial charge < -0.3 is 5.73 Å². The minimum absolute atomic E-state index is 0.243. The molecule has 0 unspecified atom stereocenters. The molecular weight excluding hydrogens is 309 g/mol. The van der Waals surface area contributed by atoms with E-state index >= 15 is 0 Å². The van der Waals surface area contributed by atoms with Gasteiger partial charge in [0.2, 0.25) is 0 Å². The molecule has 0 fully saturated rings. The summed E-state index contributed by atoms with van der Waals surface area (Å²) < 4.78 is 16.0. The third kappa shape index (κ3) is 3.22. The molecule has 0 atom stereocenters. The summed E-state index contributed by atoms with van der Waals surface area (Å²) in [5, 5.41) is 4.51. The number of nitrogens with zero attached hydrogens (tertiary/aromatic N) is 2. The zero-order valence-electron chi connectivity index (χ0n) is 11.1. The summed E-state index contributed by atoms with van der Waals surface area (Å²) in [7, 11) is 0. The van der Waals surface area contributed by atoms with Crippen molar-refractivity contribution in [3.8, 4) is 0 Å². The van der Waals surface area contributed by atoms with Gasteiger partial charge in [-0.15, -0.1) is 0 Å². The van der Waals surface area contributed by atoms with Crippen LogP contribution in [0.4, 0.5) is 4.39 Å². The van der Waals surface area contributed by atoms with Gasteiger partial charge in [-0.05, 0) is 56.1 Å². The summed E-state index contributed by atoms with van der Waals surface area (Å²) >= 11 is 3.30. The number of nitrogens with two attached hydrogens (primary N) is 1. The topological polar surface area (TPSA) is 43.8 Å². The third-order valence-corrected chi connectivity index (χ3v) is 3.64. The van der Waals surface area contributed by atoms with Crippen LogP contribution in [-0.4, -0.2) is 16.3 Å². The number of hydrogen-bond donors (Lipinski definition) is 1. The standard InChI is InChI=1S/C14H17BrFN3/c1-9-14(3-4-17)10(2)19(18-9)8-11-5-12(15)7-13(16)6-11/h5-7H,3-4,8,17H2,1-2H3. The van der Waals surface area contributed by atoms with Gasteiger partial charge in [0, 0.05) is 10.2 Å². The monoisotopic (exact) mass is 325 g/mol. The SMILES string of the molecule is Cc1nn(Cc2cc(F)cc(Br)c2)c(C)c1CCN. The van der Waals surface area contributed by atoms with Crippen LogP contribution in [0.3, 0.4) is 0 Å². The first-order chi connectivity index (χ1) is 9.01. The Labute approximate surface area is 120 Å². The van der Waals surface area contributed by atoms with E-state index in [-0.39, 0.29) is 5.82 Å². The second-order valence-electron chi connectivity index (χ2n) is 4.62. The van der Waals surface area contributed by atoms with Crippen LogP contribution in [0.15, 0.2) is 22.7 Å². The summed E-state index contributed by atoms with van der Waals surface area (Å²) in [5.41, 5.74) is 9.78. The van der Waals surface area contributed by atoms with E-state index in [9.17, 15) is 4.39 Å². The molecule has 0 spiro atoms. The molecule has 0 saturated carbocycles. The average molecular weight is 326 g/mol. The van der Waals surface area contributed by atoms with Crippen LogP contribution in [0.2, 0.25) is 0 Å². The van der Waals surface area contributed by atoms with Crippen molar-refractivity contribution in [2.24, 2.45) is 5.73 Å². The van der Waals surface area contributed by atoms with Gasteiger partial charge >= 0.3 is 0 Å². The van der Waals surface area contributed by atoms with Crippen LogP contribution in [-0.2, 0) is 13.0 Å². The Kier molecular flexibility index (Phi) is 4.37. The van der Waals surface area contributed by atoms with Crippen molar-refractivity contribution in [1.29, 1.82) is 0 Å². The summed E-state index contributed by atoms with van der Waals surface area (Å²) in [6.07, 6.45) is 0.824. The quantitative estimate of drug-likeness (QED) is 0.939. The van der Waals surface area contributed by atoms with Gasteiger partial charge in [-0.25, -0.2) is 4.39 Å². The van der Waals surface area contributed by atoms with Crippen LogP contribution < -0.4 is 5.73 Å². The van der Waals surface area contributed by atoms with Gasteiger partial charge in [0.1, 0.15) is 5.82 Å². The molecular formula is C14H17BrFN3. The summed E-state index contributed by atoms with van der Waals surface area (Å²) in [5.74, 6) is -0.243. The van der Waals surface area contributed by atoms with Crippen molar-refractivity contribution in [3.05, 3.63) is 51.0 Å². The van der Waals surface area contributed by atoms with E-state index in [0.29, 0.717) is 13.1 Å². The molecule has 3 nitrogen and oxygen atoms in total. The van der Waals surface area contributed by atoms with E-state index in [0.717, 1.165) is 27.8 Å². The molecule has 0 aliphatic rings. The van der Waals surface area contributed by atoms with Crippen LogP contribution in [0.25, 0.3) is 0 Å². The maximum Gasteiger partial charge on any atom is 0.124 e. The minimum atomic E-state index is -0.243. The zero-order chi connectivity index (χ0) is 14.0. The molecule has 1 heterocycles. The van der Waals surface area contributed by atoms with E-state index in [1.807, 2.05) is 24.6 Å². The predicted molar refractivity (Wildman–Crippen MR) is 77.7 cm³/mol. The molecule has 0 bridgehead atoms. The fourth-order valence-corrected chi connectivity index (χ4v) is 2.78. The van der Waals surface area contributed by atoms with Crippen molar-refractivity contribution in [3.63, 3.8) is 0 Å². The van der Waals surface area contributed by atoms with E-state index in [4.69, 9.17) is 5.73 Å². The third-order valence-electron chi connectivity index (χ3n) is 3.18. The van der Waals surface area contributed by atoms with Crippen molar-refractivity contribution >= 4 is 15.9 Å². The highest BCUT2D eigenvalue weighted by atomic mass is 79.9. The Morgan fingerprint density at radius 1 is 1.32 bits per heavy atom. The van der Waals surface area contributed by atoms with Gasteiger partial charge in [-0.1, -0.05) is 15.9 Å². The highest BCUT2D eigenvalue weighted by Gasteiger charge is 2.11. The van der Waals surface area contributed by atoms with Gasteiger partial charge in [0.05, 0.1) is 12.2 Å². The van der Waals surface area contributed by atoms with Crippen molar-refractivity contribution in [2.75, 3.05) is 6.54 Å². The van der Waals surface area contributed by atoms with Gasteiger partial charge in [-0.2, -0.15) is 5.10 Å². The predicted octanol–water partition coefficient (Wildman–Crippen LogP) is 2.95. The number of aromatic nitrogens is 2. The minimum Gasteiger partial charge on any atom is -0.330 e. The van der Waals surface area contributed by atoms with Crippen molar-refractivity contribution < 1.29 is 4.39 Å². The Morgan fingerprint density at radius 3 is 2.68 bits per heavy atom. The molecule has 2 N–H and O–H groups in total. The van der Waals surface area contributed by atoms with Crippen LogP contribution in [0.1, 0.15) is 22.5 Å². The van der Waals surface area contributed by atoms with Crippen molar-refractivity contribution in [1.82, 2.24) is 9.78 Å². The van der Waals surface area contributed by atoms with Crippen LogP contribution in [0, 0.1) is 19.7 Å². The lowest BCUT2D eigenvalue weighted by atomic mass is 10.1. The molecule has 102 valence electrons. The smallest absolute Gasteiger partial charge is 0.124 e. The molecule has 0 aliphatic heterocycles. The van der Waals surface area contributed by atoms with E-state index in [1.54, 1.807) is 0 Å². The molecule has 1 aromatic heterocycles. The molecule has 5 heteroatoms. The molecule has 0 amide bonds. The Balaban J connectivity index is 2.30. The zero-order valence-corrected chi connectivity index (χ0v) is 12.7. The molecule has 2 rings (SSSR count). The van der Waals surface area contributed by atoms with Crippen LogP contribution >= 0.6 is 15.9 Å². The fraction of sp³-hybridized carbons (Fsp3) is 0.357. The number of rotatable bonds is 4. The molecule has 0 radical (unpaired) electrons. The lowest BCUT2D eigenvalue weighted by molar-refractivity contribution is 0.614.